The molecule has 9 nitrogen and oxygen atoms in total. The Morgan fingerprint density at radius 1 is 0.850 bits per heavy atom. The monoisotopic (exact) mass is 590 g/mol. The Morgan fingerprint density at radius 2 is 1.48 bits per heavy atom. The first-order chi connectivity index (χ1) is 19.0. The summed E-state index contributed by atoms with van der Waals surface area (Å²) in [7, 11) is 1.55. The number of anilines is 1. The van der Waals surface area contributed by atoms with Crippen LogP contribution in [0.1, 0.15) is 31.9 Å². The highest BCUT2D eigenvalue weighted by atomic mass is 35.5. The zero-order chi connectivity index (χ0) is 29.4. The van der Waals surface area contributed by atoms with Gasteiger partial charge >= 0.3 is 0 Å². The largest absolute Gasteiger partial charge is 0.497 e. The standard InChI is InChI=1S/C29H35ClN2O7S/c1-19(2)15-24(20-7-10-22(36-3)11-8-20)31-29(33)18-32(25-16-21(30)9-13-26(25)37-4)40(34,35)23-12-14-27(38-5)28(17-23)39-6/h7-14,16-17,19,24H,15,18H2,1-6H3,(H,31,33)/t24-/m1/s1. The second-order valence-corrected chi connectivity index (χ2v) is 11.7. The van der Waals surface area contributed by atoms with Gasteiger partial charge in [-0.1, -0.05) is 37.6 Å². The Morgan fingerprint density at radius 3 is 2.05 bits per heavy atom. The van der Waals surface area contributed by atoms with Gasteiger partial charge < -0.3 is 24.3 Å². The zero-order valence-electron chi connectivity index (χ0n) is 23.4. The number of carbonyl (C=O) groups is 1. The molecule has 0 saturated carbocycles. The van der Waals surface area contributed by atoms with Gasteiger partial charge in [0.05, 0.1) is 45.1 Å². The van der Waals surface area contributed by atoms with Crippen LogP contribution in [-0.2, 0) is 14.8 Å². The molecule has 0 heterocycles. The summed E-state index contributed by atoms with van der Waals surface area (Å²) in [5, 5.41) is 3.29. The molecule has 0 aromatic heterocycles. The van der Waals surface area contributed by atoms with Crippen LogP contribution >= 0.6 is 11.6 Å². The van der Waals surface area contributed by atoms with Gasteiger partial charge in [0.15, 0.2) is 11.5 Å². The Bertz CT molecular complexity index is 1410. The normalized spacial score (nSPS) is 12.0. The lowest BCUT2D eigenvalue weighted by molar-refractivity contribution is -0.120. The first kappa shape index (κ1) is 30.9. The van der Waals surface area contributed by atoms with Gasteiger partial charge in [0.25, 0.3) is 10.0 Å². The minimum Gasteiger partial charge on any atom is -0.497 e. The molecule has 216 valence electrons. The molecule has 0 spiro atoms. The number of benzene rings is 3. The van der Waals surface area contributed by atoms with Crippen LogP contribution in [0, 0.1) is 5.92 Å². The average Bonchev–Trinajstić information content (AvgIpc) is 2.94. The van der Waals surface area contributed by atoms with Gasteiger partial charge in [-0.3, -0.25) is 9.10 Å². The maximum Gasteiger partial charge on any atom is 0.265 e. The summed E-state index contributed by atoms with van der Waals surface area (Å²) in [6.07, 6.45) is 0.640. The number of halogens is 1. The maximum absolute atomic E-state index is 14.1. The van der Waals surface area contributed by atoms with Crippen LogP contribution in [0.5, 0.6) is 23.0 Å². The molecule has 1 N–H and O–H groups in total. The lowest BCUT2D eigenvalue weighted by atomic mass is 9.97. The fourth-order valence-corrected chi connectivity index (χ4v) is 5.82. The molecule has 0 fully saturated rings. The lowest BCUT2D eigenvalue weighted by Gasteiger charge is -2.28. The first-order valence-electron chi connectivity index (χ1n) is 12.6. The van der Waals surface area contributed by atoms with Crippen molar-refractivity contribution in [2.45, 2.75) is 31.2 Å². The highest BCUT2D eigenvalue weighted by Crippen LogP contribution is 2.37. The molecular formula is C29H35ClN2O7S. The number of nitrogens with one attached hydrogen (secondary N) is 1. The van der Waals surface area contributed by atoms with Crippen molar-refractivity contribution in [3.05, 3.63) is 71.2 Å². The number of nitrogens with zero attached hydrogens (tertiary/aromatic N) is 1. The van der Waals surface area contributed by atoms with E-state index in [0.717, 1.165) is 9.87 Å². The minimum absolute atomic E-state index is 0.103. The molecule has 0 bridgehead atoms. The molecule has 40 heavy (non-hydrogen) atoms. The topological polar surface area (TPSA) is 103 Å². The number of sulfonamides is 1. The molecule has 11 heteroatoms. The zero-order valence-corrected chi connectivity index (χ0v) is 25.0. The van der Waals surface area contributed by atoms with Crippen LogP contribution < -0.4 is 28.6 Å². The van der Waals surface area contributed by atoms with Crippen molar-refractivity contribution in [3.8, 4) is 23.0 Å². The molecule has 3 rings (SSSR count). The van der Waals surface area contributed by atoms with Gasteiger partial charge in [-0.25, -0.2) is 8.42 Å². The van der Waals surface area contributed by atoms with Gasteiger partial charge in [0, 0.05) is 11.1 Å². The van der Waals surface area contributed by atoms with E-state index >= 15 is 0 Å². The van der Waals surface area contributed by atoms with E-state index in [1.165, 1.54) is 45.6 Å². The van der Waals surface area contributed by atoms with Crippen LogP contribution in [0.3, 0.4) is 0 Å². The molecule has 3 aromatic carbocycles. The van der Waals surface area contributed by atoms with Crippen LogP contribution in [-0.4, -0.2) is 49.3 Å². The van der Waals surface area contributed by atoms with Crippen molar-refractivity contribution in [1.29, 1.82) is 0 Å². The van der Waals surface area contributed by atoms with Gasteiger partial charge in [0.2, 0.25) is 5.91 Å². The van der Waals surface area contributed by atoms with Crippen LogP contribution in [0.2, 0.25) is 5.02 Å². The summed E-state index contributed by atoms with van der Waals surface area (Å²) in [5.74, 6) is 1.26. The van der Waals surface area contributed by atoms with E-state index in [0.29, 0.717) is 17.9 Å². The van der Waals surface area contributed by atoms with E-state index in [1.54, 1.807) is 19.2 Å². The van der Waals surface area contributed by atoms with Gasteiger partial charge in [-0.15, -0.1) is 0 Å². The maximum atomic E-state index is 14.1. The van der Waals surface area contributed by atoms with E-state index in [1.807, 2.05) is 38.1 Å². The van der Waals surface area contributed by atoms with Crippen molar-refractivity contribution in [2.24, 2.45) is 5.92 Å². The number of carbonyl (C=O) groups excluding carboxylic acids is 1. The fraction of sp³-hybridized carbons (Fsp3) is 0.345. The van der Waals surface area contributed by atoms with Crippen molar-refractivity contribution in [3.63, 3.8) is 0 Å². The quantitative estimate of drug-likeness (QED) is 0.281. The van der Waals surface area contributed by atoms with E-state index in [9.17, 15) is 13.2 Å². The number of rotatable bonds is 13. The molecule has 0 aliphatic heterocycles. The SMILES string of the molecule is COc1ccc([C@@H](CC(C)C)NC(=O)CN(c2cc(Cl)ccc2OC)S(=O)(=O)c2ccc(OC)c(OC)c2)cc1. The highest BCUT2D eigenvalue weighted by Gasteiger charge is 2.31. The number of hydrogen-bond acceptors (Lipinski definition) is 7. The summed E-state index contributed by atoms with van der Waals surface area (Å²) in [6.45, 7) is 3.57. The molecule has 1 atom stereocenters. The van der Waals surface area contributed by atoms with Crippen LogP contribution in [0.15, 0.2) is 65.6 Å². The Kier molecular flexibility index (Phi) is 10.5. The highest BCUT2D eigenvalue weighted by molar-refractivity contribution is 7.92. The van der Waals surface area contributed by atoms with Crippen LogP contribution in [0.25, 0.3) is 0 Å². The average molecular weight is 591 g/mol. The van der Waals surface area contributed by atoms with Crippen molar-refractivity contribution >= 4 is 33.2 Å². The summed E-state index contributed by atoms with van der Waals surface area (Å²) < 4.78 is 50.4. The van der Waals surface area contributed by atoms with Gasteiger partial charge in [-0.05, 0) is 60.4 Å². The molecule has 0 radical (unpaired) electrons. The Balaban J connectivity index is 2.04. The van der Waals surface area contributed by atoms with E-state index in [-0.39, 0.29) is 39.1 Å². The van der Waals surface area contributed by atoms with E-state index < -0.39 is 22.5 Å². The molecule has 0 saturated heterocycles. The second-order valence-electron chi connectivity index (χ2n) is 9.37. The summed E-state index contributed by atoms with van der Waals surface area (Å²) in [4.78, 5) is 13.4. The Labute approximate surface area is 241 Å². The van der Waals surface area contributed by atoms with Gasteiger partial charge in [-0.2, -0.15) is 0 Å². The van der Waals surface area contributed by atoms with Crippen molar-refractivity contribution < 1.29 is 32.2 Å². The van der Waals surface area contributed by atoms with Gasteiger partial charge in [0.1, 0.15) is 18.0 Å². The third-order valence-corrected chi connectivity index (χ3v) is 8.19. The van der Waals surface area contributed by atoms with Crippen molar-refractivity contribution in [1.82, 2.24) is 5.32 Å². The minimum atomic E-state index is -4.31. The molecule has 0 aliphatic carbocycles. The molecule has 3 aromatic rings. The number of hydrogen-bond donors (Lipinski definition) is 1. The lowest BCUT2D eigenvalue weighted by Crippen LogP contribution is -2.42. The van der Waals surface area contributed by atoms with E-state index in [2.05, 4.69) is 5.32 Å². The predicted octanol–water partition coefficient (Wildman–Crippen LogP) is 5.47. The second kappa shape index (κ2) is 13.6. The van der Waals surface area contributed by atoms with Crippen molar-refractivity contribution in [2.75, 3.05) is 39.3 Å². The predicted molar refractivity (Wildman–Crippen MR) is 155 cm³/mol. The smallest absolute Gasteiger partial charge is 0.265 e. The summed E-state index contributed by atoms with van der Waals surface area (Å²) in [5.41, 5.74) is 0.988. The molecule has 0 unspecified atom stereocenters. The number of methoxy groups -OCH3 is 4. The third-order valence-electron chi connectivity index (χ3n) is 6.20. The van der Waals surface area contributed by atoms with Crippen LogP contribution in [0.4, 0.5) is 5.69 Å². The summed E-state index contributed by atoms with van der Waals surface area (Å²) in [6, 6.07) is 15.8. The molecule has 1 amide bonds. The third kappa shape index (κ3) is 7.31. The molecular weight excluding hydrogens is 556 g/mol. The first-order valence-corrected chi connectivity index (χ1v) is 14.4. The Hall–Kier alpha value is -3.63. The fourth-order valence-electron chi connectivity index (χ4n) is 4.22. The number of amides is 1. The van der Waals surface area contributed by atoms with E-state index in [4.69, 9.17) is 30.5 Å². The molecule has 0 aliphatic rings. The number of ether oxygens (including phenoxy) is 4. The summed E-state index contributed by atoms with van der Waals surface area (Å²) >= 11 is 6.26.